The van der Waals surface area contributed by atoms with Gasteiger partial charge in [-0.2, -0.15) is 0 Å². The molecule has 3 nitrogen and oxygen atoms in total. The SMILES string of the molecule is CC(C)(C)c1ccc(N2B3c4cc5oc6ccccc6c5cc4N(c4ccc(C(C)(C)C)cc4-c4ccccc4)c4cc(-c5ccccc5)cc(c43)-c3cc(-c4ccccc4)ccc32)cc1. The fourth-order valence-electron chi connectivity index (χ4n) is 10.5. The third kappa shape index (κ3) is 6.50. The minimum atomic E-state index is -0.187. The van der Waals surface area contributed by atoms with E-state index in [2.05, 4.69) is 251 Å². The Morgan fingerprint density at radius 2 is 0.970 bits per heavy atom. The lowest BCUT2D eigenvalue weighted by Gasteiger charge is -2.46. The highest BCUT2D eigenvalue weighted by molar-refractivity contribution is 6.93. The Labute approximate surface area is 388 Å². The highest BCUT2D eigenvalue weighted by Crippen LogP contribution is 2.51. The molecule has 0 unspecified atom stereocenters. The minimum absolute atomic E-state index is 0.0143. The van der Waals surface area contributed by atoms with Gasteiger partial charge in [-0.3, -0.25) is 0 Å². The van der Waals surface area contributed by atoms with Crippen LogP contribution in [0.5, 0.6) is 0 Å². The summed E-state index contributed by atoms with van der Waals surface area (Å²) in [5.74, 6) is 0. The van der Waals surface area contributed by atoms with Crippen LogP contribution >= 0.6 is 0 Å². The summed E-state index contributed by atoms with van der Waals surface area (Å²) in [6.45, 7) is 13.6. The van der Waals surface area contributed by atoms with Crippen LogP contribution in [0.2, 0.25) is 0 Å². The molecule has 0 saturated carbocycles. The van der Waals surface area contributed by atoms with Crippen molar-refractivity contribution in [1.29, 1.82) is 0 Å². The second-order valence-corrected chi connectivity index (χ2v) is 20.2. The number of furan rings is 1. The molecule has 0 aliphatic carbocycles. The van der Waals surface area contributed by atoms with Gasteiger partial charge < -0.3 is 14.1 Å². The van der Waals surface area contributed by atoms with Gasteiger partial charge in [0.1, 0.15) is 11.2 Å². The van der Waals surface area contributed by atoms with E-state index < -0.39 is 0 Å². The maximum atomic E-state index is 6.80. The lowest BCUT2D eigenvalue weighted by Crippen LogP contribution is -2.61. The zero-order valence-corrected chi connectivity index (χ0v) is 38.4. The first-order valence-corrected chi connectivity index (χ1v) is 23.3. The maximum absolute atomic E-state index is 6.80. The van der Waals surface area contributed by atoms with E-state index >= 15 is 0 Å². The first kappa shape index (κ1) is 40.0. The second-order valence-electron chi connectivity index (χ2n) is 20.2. The number of rotatable bonds is 5. The third-order valence-corrected chi connectivity index (χ3v) is 14.0. The molecule has 0 saturated heterocycles. The zero-order chi connectivity index (χ0) is 44.9. The van der Waals surface area contributed by atoms with Gasteiger partial charge in [0, 0.05) is 44.6 Å². The summed E-state index contributed by atoms with van der Waals surface area (Å²) in [5.41, 5.74) is 22.2. The van der Waals surface area contributed by atoms with Gasteiger partial charge in [0.2, 0.25) is 0 Å². The molecule has 0 amide bonds. The van der Waals surface area contributed by atoms with Crippen LogP contribution in [0.3, 0.4) is 0 Å². The van der Waals surface area contributed by atoms with E-state index in [1.165, 1.54) is 77.9 Å². The summed E-state index contributed by atoms with van der Waals surface area (Å²) in [6, 6.07) is 74.4. The monoisotopic (exact) mass is 850 g/mol. The minimum Gasteiger partial charge on any atom is -0.456 e. The van der Waals surface area contributed by atoms with Gasteiger partial charge in [0.05, 0.1) is 5.69 Å². The molecule has 66 heavy (non-hydrogen) atoms. The molecule has 0 spiro atoms. The van der Waals surface area contributed by atoms with Crippen LogP contribution in [0.4, 0.5) is 28.4 Å². The number of hydrogen-bond donors (Lipinski definition) is 0. The number of anilines is 5. The van der Waals surface area contributed by atoms with Gasteiger partial charge in [0.25, 0.3) is 0 Å². The van der Waals surface area contributed by atoms with Crippen LogP contribution in [-0.4, -0.2) is 6.85 Å². The van der Waals surface area contributed by atoms with Crippen LogP contribution in [0.1, 0.15) is 52.7 Å². The zero-order valence-electron chi connectivity index (χ0n) is 38.4. The molecule has 0 fully saturated rings. The van der Waals surface area contributed by atoms with Gasteiger partial charge in [-0.25, -0.2) is 0 Å². The van der Waals surface area contributed by atoms with E-state index in [-0.39, 0.29) is 17.7 Å². The quantitative estimate of drug-likeness (QED) is 0.161. The predicted molar refractivity (Wildman–Crippen MR) is 281 cm³/mol. The molecule has 0 bridgehead atoms. The number of hydrogen-bond acceptors (Lipinski definition) is 3. The molecule has 1 aromatic heterocycles. The van der Waals surface area contributed by atoms with Crippen molar-refractivity contribution in [3.05, 3.63) is 211 Å². The Kier molecular flexibility index (Phi) is 9.09. The van der Waals surface area contributed by atoms with Crippen LogP contribution < -0.4 is 20.6 Å². The fourth-order valence-corrected chi connectivity index (χ4v) is 10.5. The van der Waals surface area contributed by atoms with Crippen molar-refractivity contribution < 1.29 is 4.42 Å². The van der Waals surface area contributed by atoms with E-state index in [1.54, 1.807) is 0 Å². The van der Waals surface area contributed by atoms with Crippen LogP contribution in [-0.2, 0) is 10.8 Å². The Balaban J connectivity index is 1.24. The van der Waals surface area contributed by atoms with E-state index in [9.17, 15) is 0 Å². The molecule has 0 N–H and O–H groups in total. The summed E-state index contributed by atoms with van der Waals surface area (Å²) >= 11 is 0. The van der Waals surface area contributed by atoms with Crippen molar-refractivity contribution in [2.24, 2.45) is 0 Å². The topological polar surface area (TPSA) is 19.6 Å². The van der Waals surface area contributed by atoms with E-state index in [0.29, 0.717) is 0 Å². The van der Waals surface area contributed by atoms with Crippen LogP contribution in [0.15, 0.2) is 205 Å². The Morgan fingerprint density at radius 3 is 1.65 bits per heavy atom. The lowest BCUT2D eigenvalue weighted by atomic mass is 9.43. The van der Waals surface area contributed by atoms with Gasteiger partial charge in [-0.05, 0) is 133 Å². The first-order valence-electron chi connectivity index (χ1n) is 23.3. The van der Waals surface area contributed by atoms with Gasteiger partial charge in [-0.15, -0.1) is 0 Å². The molecule has 318 valence electrons. The smallest absolute Gasteiger partial charge is 0.333 e. The normalized spacial score (nSPS) is 13.2. The van der Waals surface area contributed by atoms with Crippen molar-refractivity contribution >= 4 is 68.1 Å². The summed E-state index contributed by atoms with van der Waals surface area (Å²) in [5, 5.41) is 2.22. The van der Waals surface area contributed by atoms with Crippen molar-refractivity contribution in [2.45, 2.75) is 52.4 Å². The summed E-state index contributed by atoms with van der Waals surface area (Å²) < 4.78 is 6.80. The van der Waals surface area contributed by atoms with Crippen molar-refractivity contribution in [3.8, 4) is 44.5 Å². The highest BCUT2D eigenvalue weighted by Gasteiger charge is 2.46. The molecule has 3 heterocycles. The van der Waals surface area contributed by atoms with Gasteiger partial charge >= 0.3 is 6.85 Å². The van der Waals surface area contributed by atoms with Crippen molar-refractivity contribution in [2.75, 3.05) is 9.71 Å². The lowest BCUT2D eigenvalue weighted by molar-refractivity contribution is 0.590. The Hall–Kier alpha value is -7.56. The molecule has 2 aliphatic heterocycles. The number of benzene rings is 9. The van der Waals surface area contributed by atoms with Crippen molar-refractivity contribution in [1.82, 2.24) is 0 Å². The van der Waals surface area contributed by atoms with E-state index in [1.807, 2.05) is 0 Å². The van der Waals surface area contributed by atoms with E-state index in [4.69, 9.17) is 4.42 Å². The third-order valence-electron chi connectivity index (χ3n) is 14.0. The molecular formula is C62H51BN2O. The summed E-state index contributed by atoms with van der Waals surface area (Å²) in [4.78, 5) is 5.19. The molecule has 2 aliphatic rings. The number of fused-ring (bicyclic) bond motifs is 7. The summed E-state index contributed by atoms with van der Waals surface area (Å²) in [7, 11) is 0. The standard InChI is InChI=1S/C62H51BN2O/c1-61(2,3)45-27-30-47(31-28-45)65-55-32-26-43(40-18-10-7-11-19-40)34-50(55)52-35-44(41-20-12-8-13-21-41)36-57-60(52)63(65)53-39-59-51(48-24-16-17-25-58(48)66-59)38-56(53)64(57)54-33-29-46(62(4,5)6)37-49(54)42-22-14-9-15-23-42/h7-39H,1-6H3. The molecule has 10 aromatic rings. The second kappa shape index (κ2) is 15.0. The number of para-hydroxylation sites is 1. The Morgan fingerprint density at radius 1 is 0.379 bits per heavy atom. The molecule has 12 rings (SSSR count). The molecule has 0 atom stereocenters. The van der Waals surface area contributed by atoms with E-state index in [0.717, 1.165) is 39.0 Å². The van der Waals surface area contributed by atoms with Crippen molar-refractivity contribution in [3.63, 3.8) is 0 Å². The average Bonchev–Trinajstić information content (AvgIpc) is 3.71. The fraction of sp³-hybridized carbons (Fsp3) is 0.129. The average molecular weight is 851 g/mol. The van der Waals surface area contributed by atoms with Crippen LogP contribution in [0, 0.1) is 0 Å². The van der Waals surface area contributed by atoms with Crippen LogP contribution in [0.25, 0.3) is 66.4 Å². The number of nitrogens with zero attached hydrogens (tertiary/aromatic N) is 2. The first-order chi connectivity index (χ1) is 32.0. The Bertz CT molecular complexity index is 3490. The largest absolute Gasteiger partial charge is 0.456 e. The molecule has 4 heteroatoms. The van der Waals surface area contributed by atoms with Gasteiger partial charge in [0.15, 0.2) is 0 Å². The van der Waals surface area contributed by atoms with Gasteiger partial charge in [-0.1, -0.05) is 175 Å². The summed E-state index contributed by atoms with van der Waals surface area (Å²) in [6.07, 6.45) is 0. The maximum Gasteiger partial charge on any atom is 0.333 e. The highest BCUT2D eigenvalue weighted by atomic mass is 16.3. The predicted octanol–water partition coefficient (Wildman–Crippen LogP) is 15.9. The molecule has 9 aromatic carbocycles. The molecule has 0 radical (unpaired) electrons. The molecular weight excluding hydrogens is 800 g/mol.